The zero-order valence-electron chi connectivity index (χ0n) is 26.5. The van der Waals surface area contributed by atoms with Gasteiger partial charge in [-0.2, -0.15) is 0 Å². The van der Waals surface area contributed by atoms with Crippen molar-refractivity contribution in [3.05, 3.63) is 35.2 Å². The molecule has 0 spiro atoms. The molecule has 0 amide bonds. The van der Waals surface area contributed by atoms with Crippen LogP contribution in [0.15, 0.2) is 29.6 Å². The van der Waals surface area contributed by atoms with Gasteiger partial charge in [0.05, 0.1) is 5.56 Å². The molecule has 0 unspecified atom stereocenters. The van der Waals surface area contributed by atoms with Crippen LogP contribution in [0.25, 0.3) is 5.76 Å². The molecule has 0 radical (unpaired) electrons. The SMILES string of the molecule is C[Si](C)(C)OC(=C(O[Si](C)(C)C)[Si](O[Si](C)(C)C)(O[Si](C)(C)C)[SiH2]O[SiH3])c1ccccc1O[Si](C)(C)C. The zero-order chi connectivity index (χ0) is 29.1. The van der Waals surface area contributed by atoms with Crippen LogP contribution in [0.2, 0.25) is 98.2 Å². The van der Waals surface area contributed by atoms with Crippen LogP contribution in [0.4, 0.5) is 0 Å². The summed E-state index contributed by atoms with van der Waals surface area (Å²) in [7, 11) is -13.9. The fourth-order valence-electron chi connectivity index (χ4n) is 3.62. The standard InChI is InChI=1S/C23H54O6Si8/c1-32(2,3)24-21-19-17-16-18-20(21)22(25-33(4,5)6)23(26-34(7,8)9)37(31-27-30,28-35(10,11)12)29-36(13,14)15/h16-19H,31H2,1-15,30H3. The van der Waals surface area contributed by atoms with Gasteiger partial charge in [0.2, 0.25) is 34.2 Å². The van der Waals surface area contributed by atoms with E-state index in [9.17, 15) is 0 Å². The Bertz CT molecular complexity index is 905. The quantitative estimate of drug-likeness (QED) is 0.187. The Kier molecular flexibility index (Phi) is 12.0. The highest BCUT2D eigenvalue weighted by Gasteiger charge is 2.53. The van der Waals surface area contributed by atoms with Crippen LogP contribution in [-0.4, -0.2) is 69.4 Å². The molecule has 0 atom stereocenters. The molecule has 1 rings (SSSR count). The van der Waals surface area contributed by atoms with Crippen LogP contribution in [0, 0.1) is 0 Å². The van der Waals surface area contributed by atoms with Crippen LogP contribution < -0.4 is 4.43 Å². The van der Waals surface area contributed by atoms with Gasteiger partial charge in [0.15, 0.2) is 27.8 Å². The first-order chi connectivity index (χ1) is 16.4. The molecule has 37 heavy (non-hydrogen) atoms. The third kappa shape index (κ3) is 13.3. The Hall–Kier alpha value is -0.0249. The van der Waals surface area contributed by atoms with E-state index < -0.39 is 58.9 Å². The summed E-state index contributed by atoms with van der Waals surface area (Å²) in [5, 5.41) is 0.799. The number of para-hydroxylation sites is 1. The second-order valence-corrected chi connectivity index (χ2v) is 46.0. The van der Waals surface area contributed by atoms with Gasteiger partial charge in [-0.3, -0.25) is 0 Å². The van der Waals surface area contributed by atoms with Gasteiger partial charge in [-0.1, -0.05) is 12.1 Å². The molecule has 0 saturated heterocycles. The highest BCUT2D eigenvalue weighted by molar-refractivity contribution is 7.24. The van der Waals surface area contributed by atoms with Crippen LogP contribution in [0.3, 0.4) is 0 Å². The number of hydrogen-bond acceptors (Lipinski definition) is 6. The van der Waals surface area contributed by atoms with E-state index in [0.717, 1.165) is 22.5 Å². The summed E-state index contributed by atoms with van der Waals surface area (Å²) < 4.78 is 41.3. The molecule has 0 aliphatic rings. The van der Waals surface area contributed by atoms with Gasteiger partial charge in [0.25, 0.3) is 0 Å². The monoisotopic (exact) mass is 650 g/mol. The van der Waals surface area contributed by atoms with Crippen molar-refractivity contribution in [1.29, 1.82) is 0 Å². The fourth-order valence-corrected chi connectivity index (χ4v) is 33.3. The number of rotatable bonds is 14. The largest absolute Gasteiger partial charge is 0.544 e. The van der Waals surface area contributed by atoms with Crippen LogP contribution in [0.1, 0.15) is 5.56 Å². The maximum atomic E-state index is 7.20. The van der Waals surface area contributed by atoms with Gasteiger partial charge >= 0.3 is 8.08 Å². The molecule has 0 heterocycles. The first kappa shape index (κ1) is 35.0. The zero-order valence-corrected chi connectivity index (χ0v) is 35.9. The Labute approximate surface area is 239 Å². The van der Waals surface area contributed by atoms with E-state index in [1.807, 2.05) is 6.07 Å². The Morgan fingerprint density at radius 1 is 0.622 bits per heavy atom. The van der Waals surface area contributed by atoms with E-state index in [4.69, 9.17) is 25.6 Å². The second kappa shape index (κ2) is 12.7. The number of hydrogen-bond donors (Lipinski definition) is 0. The Morgan fingerprint density at radius 3 is 1.46 bits per heavy atom. The molecule has 14 heteroatoms. The van der Waals surface area contributed by atoms with Crippen molar-refractivity contribution in [3.63, 3.8) is 0 Å². The van der Waals surface area contributed by atoms with Crippen molar-refractivity contribution in [2.45, 2.75) is 98.2 Å². The smallest absolute Gasteiger partial charge is 0.391 e. The van der Waals surface area contributed by atoms with E-state index >= 15 is 0 Å². The summed E-state index contributed by atoms with van der Waals surface area (Å²) in [5.41, 5.74) is 0.929. The van der Waals surface area contributed by atoms with E-state index in [1.54, 1.807) is 0 Å². The maximum Gasteiger partial charge on any atom is 0.391 e. The second-order valence-electron chi connectivity index (χ2n) is 14.4. The topological polar surface area (TPSA) is 55.4 Å². The van der Waals surface area contributed by atoms with E-state index in [2.05, 4.69) is 116 Å². The number of benzene rings is 1. The molecule has 0 fully saturated rings. The van der Waals surface area contributed by atoms with Crippen molar-refractivity contribution in [1.82, 2.24) is 0 Å². The first-order valence-electron chi connectivity index (χ1n) is 13.2. The van der Waals surface area contributed by atoms with Gasteiger partial charge in [-0.05, 0) is 110 Å². The molecule has 0 aliphatic heterocycles. The molecule has 0 bridgehead atoms. The summed E-state index contributed by atoms with van der Waals surface area (Å²) >= 11 is 0. The lowest BCUT2D eigenvalue weighted by atomic mass is 10.2. The summed E-state index contributed by atoms with van der Waals surface area (Å²) in [6.07, 6.45) is 0. The summed E-state index contributed by atoms with van der Waals surface area (Å²) in [6, 6.07) is 8.23. The third-order valence-corrected chi connectivity index (χ3v) is 24.3. The van der Waals surface area contributed by atoms with Gasteiger partial charge < -0.3 is 25.6 Å². The molecule has 214 valence electrons. The first-order valence-corrected chi connectivity index (χ1v) is 35.7. The van der Waals surface area contributed by atoms with Gasteiger partial charge in [0.1, 0.15) is 16.2 Å². The molecule has 0 aromatic heterocycles. The molecular formula is C23H54O6Si8. The van der Waals surface area contributed by atoms with Gasteiger partial charge in [0, 0.05) is 0 Å². The summed E-state index contributed by atoms with van der Waals surface area (Å²) in [5.74, 6) is 1.59. The highest BCUT2D eigenvalue weighted by Crippen LogP contribution is 2.39. The Morgan fingerprint density at radius 2 is 1.08 bits per heavy atom. The molecule has 1 aromatic rings. The van der Waals surface area contributed by atoms with E-state index in [0.29, 0.717) is 10.5 Å². The van der Waals surface area contributed by atoms with Crippen LogP contribution >= 0.6 is 0 Å². The normalized spacial score (nSPS) is 15.2. The third-order valence-electron chi connectivity index (χ3n) is 4.19. The van der Waals surface area contributed by atoms with Crippen LogP contribution in [-0.2, 0) is 21.2 Å². The van der Waals surface area contributed by atoms with Crippen molar-refractivity contribution in [3.8, 4) is 5.75 Å². The maximum absolute atomic E-state index is 7.20. The Balaban J connectivity index is 4.31. The average molecular weight is 651 g/mol. The molecule has 6 nitrogen and oxygen atoms in total. The minimum Gasteiger partial charge on any atom is -0.544 e. The predicted molar refractivity (Wildman–Crippen MR) is 180 cm³/mol. The lowest BCUT2D eigenvalue weighted by Gasteiger charge is -2.44. The molecule has 0 aliphatic carbocycles. The fraction of sp³-hybridized carbons (Fsp3) is 0.652. The molecule has 0 N–H and O–H groups in total. The minimum atomic E-state index is -3.11. The lowest BCUT2D eigenvalue weighted by molar-refractivity contribution is 0.342. The molecule has 0 saturated carbocycles. The van der Waals surface area contributed by atoms with Crippen molar-refractivity contribution >= 4 is 75.2 Å². The van der Waals surface area contributed by atoms with E-state index in [-0.39, 0.29) is 0 Å². The van der Waals surface area contributed by atoms with Crippen LogP contribution in [0.5, 0.6) is 5.75 Å². The summed E-state index contributed by atoms with van der Waals surface area (Å²) in [6.45, 7) is 33.3. The van der Waals surface area contributed by atoms with Crippen molar-refractivity contribution in [2.24, 2.45) is 0 Å². The molecular weight excluding hydrogens is 597 g/mol. The van der Waals surface area contributed by atoms with Crippen molar-refractivity contribution in [2.75, 3.05) is 0 Å². The highest BCUT2D eigenvalue weighted by atomic mass is 29.2. The average Bonchev–Trinajstić information content (AvgIpc) is 2.59. The van der Waals surface area contributed by atoms with Gasteiger partial charge in [-0.25, -0.2) is 0 Å². The van der Waals surface area contributed by atoms with E-state index in [1.165, 1.54) is 0 Å². The molecule has 1 aromatic carbocycles. The predicted octanol–water partition coefficient (Wildman–Crippen LogP) is 5.83. The summed E-state index contributed by atoms with van der Waals surface area (Å²) in [4.78, 5) is 0. The van der Waals surface area contributed by atoms with Crippen molar-refractivity contribution < 1.29 is 25.6 Å². The van der Waals surface area contributed by atoms with Gasteiger partial charge in [-0.15, -0.1) is 0 Å². The lowest BCUT2D eigenvalue weighted by Crippen LogP contribution is -2.63. The minimum absolute atomic E-state index is 0.641.